The standard InChI is InChI=1S/C10H6BrCl2N/c1-5-2-7(11)6-3-8(12)9(13)4-10(6)14-5/h2-4H,1H3. The Bertz CT molecular complexity index is 511. The van der Waals surface area contributed by atoms with Gasteiger partial charge in [0.05, 0.1) is 15.6 Å². The highest BCUT2D eigenvalue weighted by atomic mass is 79.9. The minimum atomic E-state index is 0.532. The van der Waals surface area contributed by atoms with Crippen molar-refractivity contribution in [2.24, 2.45) is 0 Å². The maximum atomic E-state index is 5.92. The topological polar surface area (TPSA) is 12.9 Å². The van der Waals surface area contributed by atoms with Crippen LogP contribution in [-0.2, 0) is 0 Å². The molecule has 0 amide bonds. The summed E-state index contributed by atoms with van der Waals surface area (Å²) in [7, 11) is 0. The van der Waals surface area contributed by atoms with E-state index in [4.69, 9.17) is 23.2 Å². The van der Waals surface area contributed by atoms with Gasteiger partial charge in [-0.05, 0) is 25.1 Å². The zero-order valence-electron chi connectivity index (χ0n) is 7.31. The summed E-state index contributed by atoms with van der Waals surface area (Å²) in [5.74, 6) is 0. The minimum Gasteiger partial charge on any atom is -0.253 e. The number of benzene rings is 1. The smallest absolute Gasteiger partial charge is 0.0732 e. The van der Waals surface area contributed by atoms with Crippen LogP contribution >= 0.6 is 39.1 Å². The Hall–Kier alpha value is -0.310. The highest BCUT2D eigenvalue weighted by Crippen LogP contribution is 2.31. The SMILES string of the molecule is Cc1cc(Br)c2cc(Cl)c(Cl)cc2n1. The Kier molecular flexibility index (Phi) is 2.69. The van der Waals surface area contributed by atoms with Crippen molar-refractivity contribution < 1.29 is 0 Å². The summed E-state index contributed by atoms with van der Waals surface area (Å²) in [6.07, 6.45) is 0. The molecule has 2 rings (SSSR count). The molecule has 0 bridgehead atoms. The fourth-order valence-corrected chi connectivity index (χ4v) is 2.27. The van der Waals surface area contributed by atoms with Gasteiger partial charge in [-0.25, -0.2) is 0 Å². The summed E-state index contributed by atoms with van der Waals surface area (Å²) in [4.78, 5) is 4.37. The second-order valence-electron chi connectivity index (χ2n) is 3.03. The van der Waals surface area contributed by atoms with Crippen LogP contribution in [0.4, 0.5) is 0 Å². The molecule has 0 saturated carbocycles. The van der Waals surface area contributed by atoms with Crippen LogP contribution < -0.4 is 0 Å². The van der Waals surface area contributed by atoms with E-state index >= 15 is 0 Å². The van der Waals surface area contributed by atoms with Crippen LogP contribution in [0.15, 0.2) is 22.7 Å². The van der Waals surface area contributed by atoms with Gasteiger partial charge in [-0.15, -0.1) is 0 Å². The molecular formula is C10H6BrCl2N. The lowest BCUT2D eigenvalue weighted by molar-refractivity contribution is 1.25. The largest absolute Gasteiger partial charge is 0.253 e. The molecule has 72 valence electrons. The molecule has 2 aromatic rings. The van der Waals surface area contributed by atoms with Gasteiger partial charge in [-0.2, -0.15) is 0 Å². The second-order valence-corrected chi connectivity index (χ2v) is 4.70. The molecule has 0 fully saturated rings. The van der Waals surface area contributed by atoms with Crippen molar-refractivity contribution in [1.82, 2.24) is 4.98 Å². The van der Waals surface area contributed by atoms with Gasteiger partial charge in [0.25, 0.3) is 0 Å². The first-order chi connectivity index (χ1) is 6.58. The zero-order chi connectivity index (χ0) is 10.3. The van der Waals surface area contributed by atoms with Gasteiger partial charge in [0, 0.05) is 15.6 Å². The Morgan fingerprint density at radius 1 is 1.14 bits per heavy atom. The lowest BCUT2D eigenvalue weighted by Gasteiger charge is -2.04. The summed E-state index contributed by atoms with van der Waals surface area (Å²) >= 11 is 15.3. The molecule has 0 N–H and O–H groups in total. The zero-order valence-corrected chi connectivity index (χ0v) is 10.4. The van der Waals surface area contributed by atoms with E-state index in [2.05, 4.69) is 20.9 Å². The van der Waals surface area contributed by atoms with Gasteiger partial charge in [0.1, 0.15) is 0 Å². The third-order valence-corrected chi connectivity index (χ3v) is 3.31. The molecule has 0 atom stereocenters. The number of rotatable bonds is 0. The van der Waals surface area contributed by atoms with Gasteiger partial charge < -0.3 is 0 Å². The number of pyridine rings is 1. The molecule has 4 heteroatoms. The summed E-state index contributed by atoms with van der Waals surface area (Å²) in [6, 6.07) is 5.54. The fourth-order valence-electron chi connectivity index (χ4n) is 1.30. The van der Waals surface area contributed by atoms with Gasteiger partial charge in [0.15, 0.2) is 0 Å². The van der Waals surface area contributed by atoms with Crippen LogP contribution in [0.25, 0.3) is 10.9 Å². The van der Waals surface area contributed by atoms with Crippen molar-refractivity contribution >= 4 is 50.0 Å². The lowest BCUT2D eigenvalue weighted by Crippen LogP contribution is -1.85. The van der Waals surface area contributed by atoms with Crippen LogP contribution in [-0.4, -0.2) is 4.98 Å². The third kappa shape index (κ3) is 1.74. The summed E-state index contributed by atoms with van der Waals surface area (Å²) in [5, 5.41) is 2.06. The quantitative estimate of drug-likeness (QED) is 0.690. The summed E-state index contributed by atoms with van der Waals surface area (Å²) < 4.78 is 0.985. The Morgan fingerprint density at radius 2 is 1.79 bits per heavy atom. The van der Waals surface area contributed by atoms with Crippen LogP contribution in [0.5, 0.6) is 0 Å². The first-order valence-corrected chi connectivity index (χ1v) is 5.55. The highest BCUT2D eigenvalue weighted by Gasteiger charge is 2.05. The number of hydrogen-bond donors (Lipinski definition) is 0. The van der Waals surface area contributed by atoms with Gasteiger partial charge in [-0.1, -0.05) is 39.1 Å². The summed E-state index contributed by atoms with van der Waals surface area (Å²) in [6.45, 7) is 1.94. The second kappa shape index (κ2) is 3.69. The molecule has 1 nitrogen and oxygen atoms in total. The molecule has 0 spiro atoms. The molecule has 0 aliphatic heterocycles. The molecule has 1 heterocycles. The van der Waals surface area contributed by atoms with E-state index in [9.17, 15) is 0 Å². The van der Waals surface area contributed by atoms with E-state index in [1.807, 2.05) is 19.1 Å². The van der Waals surface area contributed by atoms with Gasteiger partial charge in [0.2, 0.25) is 0 Å². The maximum Gasteiger partial charge on any atom is 0.0732 e. The molecule has 1 aromatic carbocycles. The van der Waals surface area contributed by atoms with E-state index in [0.29, 0.717) is 10.0 Å². The molecule has 0 aliphatic carbocycles. The lowest BCUT2D eigenvalue weighted by atomic mass is 10.2. The molecule has 14 heavy (non-hydrogen) atoms. The Morgan fingerprint density at radius 3 is 2.50 bits per heavy atom. The first kappa shape index (κ1) is 10.2. The van der Waals surface area contributed by atoms with Crippen LogP contribution in [0.3, 0.4) is 0 Å². The number of aromatic nitrogens is 1. The molecule has 0 unspecified atom stereocenters. The summed E-state index contributed by atoms with van der Waals surface area (Å²) in [5.41, 5.74) is 1.80. The molecular weight excluding hydrogens is 285 g/mol. The normalized spacial score (nSPS) is 10.9. The maximum absolute atomic E-state index is 5.92. The van der Waals surface area contributed by atoms with Gasteiger partial charge in [-0.3, -0.25) is 4.98 Å². The fraction of sp³-hybridized carbons (Fsp3) is 0.100. The van der Waals surface area contributed by atoms with Crippen molar-refractivity contribution in [3.8, 4) is 0 Å². The van der Waals surface area contributed by atoms with Gasteiger partial charge >= 0.3 is 0 Å². The Labute approximate surface area is 100 Å². The first-order valence-electron chi connectivity index (χ1n) is 4.00. The van der Waals surface area contributed by atoms with Crippen LogP contribution in [0.1, 0.15) is 5.69 Å². The van der Waals surface area contributed by atoms with Crippen molar-refractivity contribution in [3.63, 3.8) is 0 Å². The van der Waals surface area contributed by atoms with E-state index < -0.39 is 0 Å². The number of hydrogen-bond acceptors (Lipinski definition) is 1. The van der Waals surface area contributed by atoms with E-state index in [1.165, 1.54) is 0 Å². The molecule has 0 aliphatic rings. The van der Waals surface area contributed by atoms with E-state index in [0.717, 1.165) is 21.1 Å². The number of fused-ring (bicyclic) bond motifs is 1. The monoisotopic (exact) mass is 289 g/mol. The predicted molar refractivity (Wildman–Crippen MR) is 64.2 cm³/mol. The van der Waals surface area contributed by atoms with E-state index in [1.54, 1.807) is 6.07 Å². The Balaban J connectivity index is 2.89. The van der Waals surface area contributed by atoms with Crippen molar-refractivity contribution in [3.05, 3.63) is 38.4 Å². The minimum absolute atomic E-state index is 0.532. The number of nitrogens with zero attached hydrogens (tertiary/aromatic N) is 1. The van der Waals surface area contributed by atoms with Crippen LogP contribution in [0, 0.1) is 6.92 Å². The molecule has 0 saturated heterocycles. The van der Waals surface area contributed by atoms with Crippen molar-refractivity contribution in [2.45, 2.75) is 6.92 Å². The predicted octanol–water partition coefficient (Wildman–Crippen LogP) is 4.61. The number of aryl methyl sites for hydroxylation is 1. The number of halogens is 3. The average molecular weight is 291 g/mol. The van der Waals surface area contributed by atoms with Crippen molar-refractivity contribution in [1.29, 1.82) is 0 Å². The average Bonchev–Trinajstić information content (AvgIpc) is 2.08. The van der Waals surface area contributed by atoms with E-state index in [-0.39, 0.29) is 0 Å². The van der Waals surface area contributed by atoms with Crippen LogP contribution in [0.2, 0.25) is 10.0 Å². The third-order valence-electron chi connectivity index (χ3n) is 1.93. The molecule has 1 aromatic heterocycles. The van der Waals surface area contributed by atoms with Crippen molar-refractivity contribution in [2.75, 3.05) is 0 Å². The molecule has 0 radical (unpaired) electrons. The highest BCUT2D eigenvalue weighted by molar-refractivity contribution is 9.10.